The molecular weight excluding hydrogens is 247 g/mol. The second-order valence-corrected chi connectivity index (χ2v) is 4.24. The average molecular weight is 262 g/mol. The van der Waals surface area contributed by atoms with E-state index in [1.807, 2.05) is 6.92 Å². The van der Waals surface area contributed by atoms with Crippen LogP contribution >= 0.6 is 0 Å². The molecular formula is C14H15FN2O2. The van der Waals surface area contributed by atoms with Crippen molar-refractivity contribution in [3.05, 3.63) is 53.1 Å². The highest BCUT2D eigenvalue weighted by molar-refractivity contribution is 5.85. The van der Waals surface area contributed by atoms with Crippen LogP contribution < -0.4 is 0 Å². The number of hydrogen-bond acceptors (Lipinski definition) is 2. The van der Waals surface area contributed by atoms with Crippen LogP contribution in [0, 0.1) is 5.82 Å². The summed E-state index contributed by atoms with van der Waals surface area (Å²) in [6.45, 7) is 2.40. The maximum atomic E-state index is 13.5. The first-order chi connectivity index (χ1) is 9.11. The summed E-state index contributed by atoms with van der Waals surface area (Å²) in [4.78, 5) is 10.9. The first kappa shape index (κ1) is 13.3. The zero-order valence-electron chi connectivity index (χ0n) is 10.6. The standard InChI is InChI=1S/C14H15FN2O2/c1-2-11-9-13(14(18)19)16-17(11)8-7-10-5-3-4-6-12(10)15/h3-6,9H,2,7-8H2,1H3,(H,18,19). The van der Waals surface area contributed by atoms with Gasteiger partial charge in [0.2, 0.25) is 0 Å². The fourth-order valence-corrected chi connectivity index (χ4v) is 1.97. The molecule has 0 spiro atoms. The Morgan fingerprint density at radius 2 is 2.16 bits per heavy atom. The lowest BCUT2D eigenvalue weighted by molar-refractivity contribution is 0.0689. The highest BCUT2D eigenvalue weighted by atomic mass is 19.1. The molecule has 100 valence electrons. The molecule has 0 atom stereocenters. The highest BCUT2D eigenvalue weighted by Crippen LogP contribution is 2.11. The molecule has 2 aromatic rings. The highest BCUT2D eigenvalue weighted by Gasteiger charge is 2.12. The van der Waals surface area contributed by atoms with Crippen molar-refractivity contribution >= 4 is 5.97 Å². The predicted molar refractivity (Wildman–Crippen MR) is 68.7 cm³/mol. The van der Waals surface area contributed by atoms with Crippen LogP contribution in [0.1, 0.15) is 28.7 Å². The zero-order valence-corrected chi connectivity index (χ0v) is 10.6. The van der Waals surface area contributed by atoms with Gasteiger partial charge >= 0.3 is 5.97 Å². The van der Waals surface area contributed by atoms with E-state index in [0.29, 0.717) is 24.9 Å². The molecule has 1 aromatic heterocycles. The summed E-state index contributed by atoms with van der Waals surface area (Å²) in [7, 11) is 0. The Bertz CT molecular complexity index is 593. The van der Waals surface area contributed by atoms with Crippen molar-refractivity contribution in [2.75, 3.05) is 0 Å². The molecule has 2 rings (SSSR count). The number of aromatic carboxylic acids is 1. The summed E-state index contributed by atoms with van der Waals surface area (Å²) in [5.41, 5.74) is 1.48. The van der Waals surface area contributed by atoms with Crippen LogP contribution in [0.4, 0.5) is 4.39 Å². The van der Waals surface area contributed by atoms with Crippen LogP contribution in [0.2, 0.25) is 0 Å². The van der Waals surface area contributed by atoms with Crippen LogP contribution in [0.15, 0.2) is 30.3 Å². The van der Waals surface area contributed by atoms with Crippen LogP contribution in [0.25, 0.3) is 0 Å². The maximum Gasteiger partial charge on any atom is 0.356 e. The number of halogens is 1. The summed E-state index contributed by atoms with van der Waals surface area (Å²) in [5, 5.41) is 12.9. The quantitative estimate of drug-likeness (QED) is 0.900. The number of aromatic nitrogens is 2. The van der Waals surface area contributed by atoms with Crippen molar-refractivity contribution in [2.24, 2.45) is 0 Å². The third-order valence-corrected chi connectivity index (χ3v) is 3.00. The fraction of sp³-hybridized carbons (Fsp3) is 0.286. The van der Waals surface area contributed by atoms with Crippen molar-refractivity contribution in [2.45, 2.75) is 26.3 Å². The van der Waals surface area contributed by atoms with Gasteiger partial charge in [-0.05, 0) is 30.5 Å². The number of aryl methyl sites for hydroxylation is 3. The van der Waals surface area contributed by atoms with Crippen molar-refractivity contribution in [1.82, 2.24) is 9.78 Å². The summed E-state index contributed by atoms with van der Waals surface area (Å²) in [5.74, 6) is -1.29. The van der Waals surface area contributed by atoms with E-state index in [4.69, 9.17) is 5.11 Å². The van der Waals surface area contributed by atoms with Crippen LogP contribution in [-0.2, 0) is 19.4 Å². The molecule has 0 unspecified atom stereocenters. The fourth-order valence-electron chi connectivity index (χ4n) is 1.97. The van der Waals surface area contributed by atoms with Gasteiger partial charge in [-0.1, -0.05) is 25.1 Å². The Hall–Kier alpha value is -2.17. The SMILES string of the molecule is CCc1cc(C(=O)O)nn1CCc1ccccc1F. The lowest BCUT2D eigenvalue weighted by atomic mass is 10.1. The zero-order chi connectivity index (χ0) is 13.8. The molecule has 4 nitrogen and oxygen atoms in total. The Morgan fingerprint density at radius 3 is 2.79 bits per heavy atom. The van der Waals surface area contributed by atoms with Crippen LogP contribution in [0.5, 0.6) is 0 Å². The Morgan fingerprint density at radius 1 is 1.42 bits per heavy atom. The second-order valence-electron chi connectivity index (χ2n) is 4.24. The van der Waals surface area contributed by atoms with E-state index in [0.717, 1.165) is 5.69 Å². The Labute approximate surface area is 110 Å². The van der Waals surface area contributed by atoms with Crippen molar-refractivity contribution in [3.63, 3.8) is 0 Å². The van der Waals surface area contributed by atoms with Gasteiger partial charge < -0.3 is 5.11 Å². The molecule has 1 N–H and O–H groups in total. The molecule has 19 heavy (non-hydrogen) atoms. The summed E-state index contributed by atoms with van der Waals surface area (Å²) in [6, 6.07) is 8.13. The minimum Gasteiger partial charge on any atom is -0.476 e. The number of rotatable bonds is 5. The lowest BCUT2D eigenvalue weighted by Crippen LogP contribution is -2.08. The molecule has 0 saturated carbocycles. The molecule has 1 heterocycles. The molecule has 0 radical (unpaired) electrons. The first-order valence-electron chi connectivity index (χ1n) is 6.15. The molecule has 0 aliphatic carbocycles. The summed E-state index contributed by atoms with van der Waals surface area (Å²) >= 11 is 0. The maximum absolute atomic E-state index is 13.5. The summed E-state index contributed by atoms with van der Waals surface area (Å²) in [6.07, 6.45) is 1.18. The number of benzene rings is 1. The third kappa shape index (κ3) is 2.99. The number of carbonyl (C=O) groups is 1. The smallest absolute Gasteiger partial charge is 0.356 e. The van der Waals surface area contributed by atoms with E-state index in [2.05, 4.69) is 5.10 Å². The van der Waals surface area contributed by atoms with E-state index in [9.17, 15) is 9.18 Å². The molecule has 0 aliphatic rings. The van der Waals surface area contributed by atoms with Crippen molar-refractivity contribution in [3.8, 4) is 0 Å². The van der Waals surface area contributed by atoms with Gasteiger partial charge in [0.05, 0.1) is 0 Å². The van der Waals surface area contributed by atoms with Crippen LogP contribution in [-0.4, -0.2) is 20.9 Å². The van der Waals surface area contributed by atoms with Gasteiger partial charge in [-0.15, -0.1) is 0 Å². The van der Waals surface area contributed by atoms with E-state index < -0.39 is 5.97 Å². The van der Waals surface area contributed by atoms with Gasteiger partial charge in [-0.2, -0.15) is 5.10 Å². The van der Waals surface area contributed by atoms with Crippen molar-refractivity contribution in [1.29, 1.82) is 0 Å². The van der Waals surface area contributed by atoms with Gasteiger partial charge in [0.15, 0.2) is 5.69 Å². The lowest BCUT2D eigenvalue weighted by Gasteiger charge is -2.06. The minimum atomic E-state index is -1.04. The first-order valence-corrected chi connectivity index (χ1v) is 6.15. The van der Waals surface area contributed by atoms with E-state index >= 15 is 0 Å². The minimum absolute atomic E-state index is 0.0328. The number of carboxylic acids is 1. The largest absolute Gasteiger partial charge is 0.476 e. The van der Waals surface area contributed by atoms with Gasteiger partial charge in [0.25, 0.3) is 0 Å². The molecule has 5 heteroatoms. The van der Waals surface area contributed by atoms with Gasteiger partial charge in [-0.3, -0.25) is 4.68 Å². The molecule has 0 bridgehead atoms. The van der Waals surface area contributed by atoms with Gasteiger partial charge in [0, 0.05) is 12.2 Å². The van der Waals surface area contributed by atoms with E-state index in [-0.39, 0.29) is 11.5 Å². The molecule has 1 aromatic carbocycles. The van der Waals surface area contributed by atoms with Crippen LogP contribution in [0.3, 0.4) is 0 Å². The number of nitrogens with zero attached hydrogens (tertiary/aromatic N) is 2. The van der Waals surface area contributed by atoms with E-state index in [1.165, 1.54) is 6.07 Å². The molecule has 0 amide bonds. The normalized spacial score (nSPS) is 10.6. The van der Waals surface area contributed by atoms with Gasteiger partial charge in [-0.25, -0.2) is 9.18 Å². The average Bonchev–Trinajstić information content (AvgIpc) is 2.81. The van der Waals surface area contributed by atoms with Gasteiger partial charge in [0.1, 0.15) is 5.82 Å². The summed E-state index contributed by atoms with van der Waals surface area (Å²) < 4.78 is 15.1. The Kier molecular flexibility index (Phi) is 3.94. The van der Waals surface area contributed by atoms with Crippen molar-refractivity contribution < 1.29 is 14.3 Å². The molecule has 0 aliphatic heterocycles. The second kappa shape index (κ2) is 5.65. The molecule has 0 fully saturated rings. The Balaban J connectivity index is 2.15. The number of hydrogen-bond donors (Lipinski definition) is 1. The predicted octanol–water partition coefficient (Wildman–Crippen LogP) is 2.53. The topological polar surface area (TPSA) is 55.1 Å². The van der Waals surface area contributed by atoms with E-state index in [1.54, 1.807) is 28.9 Å². The third-order valence-electron chi connectivity index (χ3n) is 3.00. The molecule has 0 saturated heterocycles. The number of carboxylic acid groups (broad SMARTS) is 1. The monoisotopic (exact) mass is 262 g/mol.